The Hall–Kier alpha value is -0.0800. The van der Waals surface area contributed by atoms with E-state index >= 15 is 0 Å². The van der Waals surface area contributed by atoms with Crippen LogP contribution in [0.4, 0.5) is 0 Å². The van der Waals surface area contributed by atoms with E-state index in [-0.39, 0.29) is 0 Å². The lowest BCUT2D eigenvalue weighted by atomic mass is 9.85. The van der Waals surface area contributed by atoms with Gasteiger partial charge in [0.25, 0.3) is 0 Å². The zero-order valence-electron chi connectivity index (χ0n) is 10.8. The van der Waals surface area contributed by atoms with E-state index in [1.54, 1.807) is 0 Å². The highest BCUT2D eigenvalue weighted by Crippen LogP contribution is 2.35. The van der Waals surface area contributed by atoms with Crippen LogP contribution in [0.3, 0.4) is 0 Å². The molecule has 2 nitrogen and oxygen atoms in total. The second-order valence-corrected chi connectivity index (χ2v) is 6.55. The fourth-order valence-corrected chi connectivity index (χ4v) is 2.66. The summed E-state index contributed by atoms with van der Waals surface area (Å²) >= 11 is 0. The minimum absolute atomic E-state index is 0.430. The Labute approximate surface area is 95.0 Å². The van der Waals surface area contributed by atoms with Gasteiger partial charge in [0, 0.05) is 6.04 Å². The first-order valence-electron chi connectivity index (χ1n) is 6.38. The maximum Gasteiger partial charge on any atom is 0.0239 e. The van der Waals surface area contributed by atoms with Gasteiger partial charge in [0.2, 0.25) is 0 Å². The summed E-state index contributed by atoms with van der Waals surface area (Å²) in [4.78, 5) is 0. The van der Waals surface area contributed by atoms with Crippen molar-refractivity contribution in [2.75, 3.05) is 0 Å². The van der Waals surface area contributed by atoms with E-state index in [4.69, 9.17) is 5.84 Å². The molecule has 1 fully saturated rings. The minimum atomic E-state index is 0.430. The molecule has 1 saturated carbocycles. The lowest BCUT2D eigenvalue weighted by molar-refractivity contribution is 0.277. The highest BCUT2D eigenvalue weighted by molar-refractivity contribution is 4.83. The fourth-order valence-electron chi connectivity index (χ4n) is 2.66. The molecule has 90 valence electrons. The predicted octanol–water partition coefficient (Wildman–Crippen LogP) is 3.08. The molecule has 1 rings (SSSR count). The summed E-state index contributed by atoms with van der Waals surface area (Å²) < 4.78 is 0. The van der Waals surface area contributed by atoms with E-state index in [0.717, 1.165) is 11.8 Å². The predicted molar refractivity (Wildman–Crippen MR) is 66.3 cm³/mol. The zero-order chi connectivity index (χ0) is 11.5. The summed E-state index contributed by atoms with van der Waals surface area (Å²) in [5.74, 6) is 7.39. The number of hydrazine groups is 1. The average molecular weight is 212 g/mol. The minimum Gasteiger partial charge on any atom is -0.271 e. The Bertz CT molecular complexity index is 183. The van der Waals surface area contributed by atoms with Crippen LogP contribution in [0.1, 0.15) is 59.8 Å². The maximum absolute atomic E-state index is 5.68. The molecule has 1 aliphatic carbocycles. The summed E-state index contributed by atoms with van der Waals surface area (Å²) in [6, 6.07) is 0.536. The van der Waals surface area contributed by atoms with Gasteiger partial charge >= 0.3 is 0 Å². The van der Waals surface area contributed by atoms with Crippen LogP contribution in [-0.4, -0.2) is 6.04 Å². The monoisotopic (exact) mass is 212 g/mol. The molecule has 2 heteroatoms. The SMILES string of the molecule is CC1CCC(C(CCC(C)(C)C)NN)C1. The van der Waals surface area contributed by atoms with Crippen molar-refractivity contribution in [2.45, 2.75) is 65.8 Å². The van der Waals surface area contributed by atoms with Gasteiger partial charge in [-0.05, 0) is 42.9 Å². The van der Waals surface area contributed by atoms with Crippen molar-refractivity contribution in [1.82, 2.24) is 5.43 Å². The summed E-state index contributed by atoms with van der Waals surface area (Å²) in [6.07, 6.45) is 6.59. The van der Waals surface area contributed by atoms with Gasteiger partial charge < -0.3 is 0 Å². The molecule has 0 heterocycles. The van der Waals surface area contributed by atoms with Crippen LogP contribution in [0.15, 0.2) is 0 Å². The Morgan fingerprint density at radius 1 is 1.33 bits per heavy atom. The third-order valence-electron chi connectivity index (χ3n) is 3.72. The number of rotatable bonds is 4. The van der Waals surface area contributed by atoms with Crippen molar-refractivity contribution in [2.24, 2.45) is 23.1 Å². The quantitative estimate of drug-likeness (QED) is 0.555. The highest BCUT2D eigenvalue weighted by Gasteiger charge is 2.28. The van der Waals surface area contributed by atoms with Crippen LogP contribution in [0.25, 0.3) is 0 Å². The number of nitrogens with two attached hydrogens (primary N) is 1. The molecule has 1 aliphatic rings. The van der Waals surface area contributed by atoms with Crippen molar-refractivity contribution in [1.29, 1.82) is 0 Å². The van der Waals surface area contributed by atoms with Crippen LogP contribution < -0.4 is 11.3 Å². The first-order valence-corrected chi connectivity index (χ1v) is 6.38. The molecule has 3 unspecified atom stereocenters. The summed E-state index contributed by atoms with van der Waals surface area (Å²) in [5.41, 5.74) is 3.47. The summed E-state index contributed by atoms with van der Waals surface area (Å²) in [6.45, 7) is 9.27. The van der Waals surface area contributed by atoms with E-state index in [2.05, 4.69) is 33.1 Å². The van der Waals surface area contributed by atoms with Crippen molar-refractivity contribution in [3.63, 3.8) is 0 Å². The molecule has 0 aromatic heterocycles. The Balaban J connectivity index is 2.36. The number of nitrogens with one attached hydrogen (secondary N) is 1. The molecule has 0 saturated heterocycles. The molecule has 0 amide bonds. The topological polar surface area (TPSA) is 38.0 Å². The molecule has 3 atom stereocenters. The molecular formula is C13H28N2. The van der Waals surface area contributed by atoms with Crippen LogP contribution >= 0.6 is 0 Å². The van der Waals surface area contributed by atoms with Gasteiger partial charge in [-0.3, -0.25) is 11.3 Å². The third kappa shape index (κ3) is 4.52. The summed E-state index contributed by atoms with van der Waals surface area (Å²) in [7, 11) is 0. The molecule has 3 N–H and O–H groups in total. The first kappa shape index (κ1) is 13.0. The molecule has 0 spiro atoms. The van der Waals surface area contributed by atoms with Gasteiger partial charge in [-0.2, -0.15) is 0 Å². The van der Waals surface area contributed by atoms with Crippen LogP contribution in [0.5, 0.6) is 0 Å². The van der Waals surface area contributed by atoms with E-state index in [1.807, 2.05) is 0 Å². The Kier molecular flexibility index (Phi) is 4.60. The van der Waals surface area contributed by atoms with Crippen molar-refractivity contribution < 1.29 is 0 Å². The van der Waals surface area contributed by atoms with Crippen molar-refractivity contribution >= 4 is 0 Å². The zero-order valence-corrected chi connectivity index (χ0v) is 10.8. The third-order valence-corrected chi connectivity index (χ3v) is 3.72. The standard InChI is InChI=1S/C13H28N2/c1-10-5-6-11(9-10)12(15-14)7-8-13(2,3)4/h10-12,15H,5-9,14H2,1-4H3. The second kappa shape index (κ2) is 5.31. The number of hydrogen-bond acceptors (Lipinski definition) is 2. The highest BCUT2D eigenvalue weighted by atomic mass is 15.2. The van der Waals surface area contributed by atoms with E-state index in [9.17, 15) is 0 Å². The van der Waals surface area contributed by atoms with Crippen LogP contribution in [0.2, 0.25) is 0 Å². The normalized spacial score (nSPS) is 29.4. The molecule has 0 radical (unpaired) electrons. The second-order valence-electron chi connectivity index (χ2n) is 6.55. The molecule has 0 aromatic rings. The molecule has 0 bridgehead atoms. The van der Waals surface area contributed by atoms with Crippen LogP contribution in [0, 0.1) is 17.3 Å². The van der Waals surface area contributed by atoms with Gasteiger partial charge in [0.05, 0.1) is 0 Å². The average Bonchev–Trinajstić information content (AvgIpc) is 2.51. The van der Waals surface area contributed by atoms with Gasteiger partial charge in [-0.25, -0.2) is 0 Å². The lowest BCUT2D eigenvalue weighted by Gasteiger charge is -2.26. The first-order chi connectivity index (χ1) is 6.92. The number of hydrogen-bond donors (Lipinski definition) is 2. The molecule has 0 aromatic carbocycles. The Morgan fingerprint density at radius 3 is 2.40 bits per heavy atom. The van der Waals surface area contributed by atoms with Crippen molar-refractivity contribution in [3.05, 3.63) is 0 Å². The fraction of sp³-hybridized carbons (Fsp3) is 1.00. The van der Waals surface area contributed by atoms with E-state index in [0.29, 0.717) is 11.5 Å². The summed E-state index contributed by atoms with van der Waals surface area (Å²) in [5, 5.41) is 0. The van der Waals surface area contributed by atoms with Gasteiger partial charge in [0.15, 0.2) is 0 Å². The van der Waals surface area contributed by atoms with Crippen LogP contribution in [-0.2, 0) is 0 Å². The Morgan fingerprint density at radius 2 is 2.00 bits per heavy atom. The lowest BCUT2D eigenvalue weighted by Crippen LogP contribution is -2.40. The van der Waals surface area contributed by atoms with Gasteiger partial charge in [-0.15, -0.1) is 0 Å². The molecular weight excluding hydrogens is 184 g/mol. The van der Waals surface area contributed by atoms with E-state index < -0.39 is 0 Å². The smallest absolute Gasteiger partial charge is 0.0239 e. The van der Waals surface area contributed by atoms with E-state index in [1.165, 1.54) is 32.1 Å². The maximum atomic E-state index is 5.68. The largest absolute Gasteiger partial charge is 0.271 e. The molecule has 0 aliphatic heterocycles. The van der Waals surface area contributed by atoms with Crippen molar-refractivity contribution in [3.8, 4) is 0 Å². The molecule has 15 heavy (non-hydrogen) atoms. The van der Waals surface area contributed by atoms with Gasteiger partial charge in [-0.1, -0.05) is 34.1 Å². The van der Waals surface area contributed by atoms with Gasteiger partial charge in [0.1, 0.15) is 0 Å².